The third kappa shape index (κ3) is 2.38. The summed E-state index contributed by atoms with van der Waals surface area (Å²) in [6.07, 6.45) is 2.31. The van der Waals surface area contributed by atoms with Crippen LogP contribution >= 0.6 is 27.5 Å². The van der Waals surface area contributed by atoms with Crippen molar-refractivity contribution < 1.29 is 9.66 Å². The predicted molar refractivity (Wildman–Crippen MR) is 76.3 cm³/mol. The van der Waals surface area contributed by atoms with E-state index in [1.54, 1.807) is 0 Å². The van der Waals surface area contributed by atoms with Crippen molar-refractivity contribution in [1.82, 2.24) is 9.78 Å². The minimum absolute atomic E-state index is 0.0301. The monoisotopic (exact) mass is 357 g/mol. The summed E-state index contributed by atoms with van der Waals surface area (Å²) in [5.74, 6) is 0.502. The van der Waals surface area contributed by atoms with Crippen LogP contribution in [0, 0.1) is 10.1 Å². The molecule has 0 fully saturated rings. The summed E-state index contributed by atoms with van der Waals surface area (Å²) in [6.45, 7) is 1.02. The number of nitrogens with zero attached hydrogens (tertiary/aromatic N) is 3. The largest absolute Gasteiger partial charge is 0.493 e. The molecule has 8 heteroatoms. The summed E-state index contributed by atoms with van der Waals surface area (Å²) < 4.78 is 8.01. The molecule has 6 nitrogen and oxygen atoms in total. The maximum absolute atomic E-state index is 10.7. The number of hydrogen-bond acceptors (Lipinski definition) is 4. The molecule has 0 spiro atoms. The van der Waals surface area contributed by atoms with Crippen molar-refractivity contribution >= 4 is 33.3 Å². The molecule has 1 aromatic heterocycles. The second kappa shape index (κ2) is 5.06. The Bertz CT molecular complexity index is 701. The van der Waals surface area contributed by atoms with Gasteiger partial charge in [-0.1, -0.05) is 27.5 Å². The van der Waals surface area contributed by atoms with Gasteiger partial charge in [0.25, 0.3) is 0 Å². The fourth-order valence-corrected chi connectivity index (χ4v) is 3.00. The molecule has 0 bridgehead atoms. The summed E-state index contributed by atoms with van der Waals surface area (Å²) in [6, 6.07) is 3.94. The van der Waals surface area contributed by atoms with Crippen molar-refractivity contribution in [3.63, 3.8) is 0 Å². The van der Waals surface area contributed by atoms with Crippen molar-refractivity contribution in [1.29, 1.82) is 0 Å². The first-order chi connectivity index (χ1) is 9.54. The zero-order valence-electron chi connectivity index (χ0n) is 10.2. The van der Waals surface area contributed by atoms with Crippen LogP contribution < -0.4 is 4.74 Å². The van der Waals surface area contributed by atoms with Crippen molar-refractivity contribution in [2.75, 3.05) is 6.61 Å². The Labute approximate surface area is 127 Å². The van der Waals surface area contributed by atoms with E-state index >= 15 is 0 Å². The Morgan fingerprint density at radius 2 is 2.35 bits per heavy atom. The SMILES string of the molecule is O=[N+]([O-])c1nn(Cc2cc(Br)cc3c2OCC3)cc1Cl. The van der Waals surface area contributed by atoms with Gasteiger partial charge in [-0.15, -0.1) is 0 Å². The first-order valence-corrected chi connectivity index (χ1v) is 7.03. The molecule has 0 amide bonds. The van der Waals surface area contributed by atoms with Gasteiger partial charge in [-0.2, -0.15) is 4.68 Å². The molecule has 0 N–H and O–H groups in total. The zero-order valence-corrected chi connectivity index (χ0v) is 12.5. The lowest BCUT2D eigenvalue weighted by Gasteiger charge is -2.07. The minimum Gasteiger partial charge on any atom is -0.493 e. The highest BCUT2D eigenvalue weighted by Crippen LogP contribution is 2.34. The lowest BCUT2D eigenvalue weighted by molar-refractivity contribution is -0.389. The van der Waals surface area contributed by atoms with Crippen LogP contribution in [0.15, 0.2) is 22.8 Å². The lowest BCUT2D eigenvalue weighted by Crippen LogP contribution is -2.03. The number of hydrogen-bond donors (Lipinski definition) is 0. The van der Waals surface area contributed by atoms with Crippen molar-refractivity contribution in [2.24, 2.45) is 0 Å². The van der Waals surface area contributed by atoms with Gasteiger partial charge < -0.3 is 14.9 Å². The van der Waals surface area contributed by atoms with Gasteiger partial charge in [-0.25, -0.2) is 0 Å². The van der Waals surface area contributed by atoms with Gasteiger partial charge in [0.1, 0.15) is 5.75 Å². The molecule has 1 aromatic carbocycles. The van der Waals surface area contributed by atoms with E-state index < -0.39 is 4.92 Å². The third-order valence-electron chi connectivity index (χ3n) is 3.03. The van der Waals surface area contributed by atoms with Gasteiger partial charge in [0.05, 0.1) is 24.4 Å². The average Bonchev–Trinajstić information content (AvgIpc) is 2.95. The number of ether oxygens (including phenoxy) is 1. The number of aromatic nitrogens is 2. The van der Waals surface area contributed by atoms with Crippen LogP contribution in [0.1, 0.15) is 11.1 Å². The highest BCUT2D eigenvalue weighted by Gasteiger charge is 2.22. The molecule has 104 valence electrons. The lowest BCUT2D eigenvalue weighted by atomic mass is 10.1. The summed E-state index contributed by atoms with van der Waals surface area (Å²) in [5.41, 5.74) is 2.04. The summed E-state index contributed by atoms with van der Waals surface area (Å²) in [5, 5.41) is 14.6. The molecule has 2 heterocycles. The predicted octanol–water partition coefficient (Wildman–Crippen LogP) is 3.19. The molecule has 0 radical (unpaired) electrons. The van der Waals surface area contributed by atoms with Gasteiger partial charge in [-0.05, 0) is 22.6 Å². The number of fused-ring (bicyclic) bond motifs is 1. The molecule has 0 atom stereocenters. The minimum atomic E-state index is -0.597. The Morgan fingerprint density at radius 3 is 3.05 bits per heavy atom. The van der Waals surface area contributed by atoms with Crippen LogP contribution in [0.3, 0.4) is 0 Å². The van der Waals surface area contributed by atoms with Crippen LogP contribution in [0.25, 0.3) is 0 Å². The van der Waals surface area contributed by atoms with E-state index in [2.05, 4.69) is 21.0 Å². The topological polar surface area (TPSA) is 70.2 Å². The fraction of sp³-hybridized carbons (Fsp3) is 0.250. The maximum Gasteiger partial charge on any atom is 0.408 e. The molecule has 3 rings (SSSR count). The first-order valence-electron chi connectivity index (χ1n) is 5.86. The van der Waals surface area contributed by atoms with Crippen LogP contribution in [-0.2, 0) is 13.0 Å². The highest BCUT2D eigenvalue weighted by molar-refractivity contribution is 9.10. The van der Waals surface area contributed by atoms with Gasteiger partial charge >= 0.3 is 5.82 Å². The number of halogens is 2. The summed E-state index contributed by atoms with van der Waals surface area (Å²) in [7, 11) is 0. The van der Waals surface area contributed by atoms with Crippen molar-refractivity contribution in [3.8, 4) is 5.75 Å². The van der Waals surface area contributed by atoms with Gasteiger partial charge in [0, 0.05) is 16.5 Å². The average molecular weight is 359 g/mol. The molecule has 1 aliphatic heterocycles. The zero-order chi connectivity index (χ0) is 14.3. The molecule has 20 heavy (non-hydrogen) atoms. The Hall–Kier alpha value is -1.60. The standard InChI is InChI=1S/C12H9BrClN3O3/c13-9-3-7-1-2-20-11(7)8(4-9)5-16-6-10(14)12(15-16)17(18)19/h3-4,6H,1-2,5H2. The van der Waals surface area contributed by atoms with E-state index in [0.29, 0.717) is 13.2 Å². The third-order valence-corrected chi connectivity index (χ3v) is 3.75. The first kappa shape index (κ1) is 13.4. The fourth-order valence-electron chi connectivity index (χ4n) is 2.23. The molecule has 0 unspecified atom stereocenters. The molecule has 1 aliphatic rings. The summed E-state index contributed by atoms with van der Waals surface area (Å²) in [4.78, 5) is 10.1. The number of rotatable bonds is 3. The second-order valence-corrected chi connectivity index (χ2v) is 5.73. The number of benzene rings is 1. The summed E-state index contributed by atoms with van der Waals surface area (Å²) >= 11 is 9.24. The van der Waals surface area contributed by atoms with Crippen LogP contribution in [0.4, 0.5) is 5.82 Å². The highest BCUT2D eigenvalue weighted by atomic mass is 79.9. The quantitative estimate of drug-likeness (QED) is 0.624. The number of nitro groups is 1. The Morgan fingerprint density at radius 1 is 1.55 bits per heavy atom. The van der Waals surface area contributed by atoms with E-state index in [9.17, 15) is 10.1 Å². The molecule has 0 aliphatic carbocycles. The van der Waals surface area contributed by atoms with Crippen LogP contribution in [0.5, 0.6) is 5.75 Å². The van der Waals surface area contributed by atoms with Crippen molar-refractivity contribution in [2.45, 2.75) is 13.0 Å². The van der Waals surface area contributed by atoms with Crippen LogP contribution in [-0.4, -0.2) is 21.3 Å². The molecule has 0 saturated carbocycles. The smallest absolute Gasteiger partial charge is 0.408 e. The van der Waals surface area contributed by atoms with E-state index in [4.69, 9.17) is 16.3 Å². The van der Waals surface area contributed by atoms with E-state index in [0.717, 1.165) is 27.8 Å². The van der Waals surface area contributed by atoms with Gasteiger partial charge in [0.15, 0.2) is 5.02 Å². The van der Waals surface area contributed by atoms with Crippen LogP contribution in [0.2, 0.25) is 5.02 Å². The molecular formula is C12H9BrClN3O3. The van der Waals surface area contributed by atoms with E-state index in [-0.39, 0.29) is 10.8 Å². The van der Waals surface area contributed by atoms with Crippen molar-refractivity contribution in [3.05, 3.63) is 49.1 Å². The Balaban J connectivity index is 1.96. The van der Waals surface area contributed by atoms with E-state index in [1.807, 2.05) is 12.1 Å². The molecule has 0 saturated heterocycles. The molecular weight excluding hydrogens is 350 g/mol. The van der Waals surface area contributed by atoms with Gasteiger partial charge in [0.2, 0.25) is 0 Å². The second-order valence-electron chi connectivity index (χ2n) is 4.41. The molecule has 2 aromatic rings. The normalized spacial score (nSPS) is 13.1. The van der Waals surface area contributed by atoms with E-state index in [1.165, 1.54) is 10.9 Å². The Kier molecular flexibility index (Phi) is 3.39. The maximum atomic E-state index is 10.7. The van der Waals surface area contributed by atoms with Gasteiger partial charge in [-0.3, -0.25) is 0 Å².